The molecule has 22 heavy (non-hydrogen) atoms. The van der Waals surface area contributed by atoms with Crippen LogP contribution in [0.4, 0.5) is 11.4 Å². The van der Waals surface area contributed by atoms with E-state index in [1.165, 1.54) is 18.2 Å². The molecule has 0 aromatic heterocycles. The number of anilines is 2. The maximum Gasteiger partial charge on any atom is 0.157 e. The first-order valence-corrected chi connectivity index (χ1v) is 6.69. The summed E-state index contributed by atoms with van der Waals surface area (Å²) in [4.78, 5) is 0. The first kappa shape index (κ1) is 16.9. The molecule has 0 saturated carbocycles. The van der Waals surface area contributed by atoms with Gasteiger partial charge in [-0.15, -0.1) is 0 Å². The molecule has 1 aliphatic rings. The van der Waals surface area contributed by atoms with Crippen LogP contribution in [0.2, 0.25) is 0 Å². The fourth-order valence-corrected chi connectivity index (χ4v) is 2.33. The largest absolute Gasteiger partial charge is 0.733 e. The molecule has 1 fully saturated rings. The molecule has 0 aliphatic carbocycles. The van der Waals surface area contributed by atoms with Gasteiger partial charge in [0.2, 0.25) is 0 Å². The maximum absolute atomic E-state index is 10.8. The normalized spacial score (nSPS) is 29.4. The Morgan fingerprint density at radius 3 is 2.59 bits per heavy atom. The molecule has 5 atom stereocenters. The van der Waals surface area contributed by atoms with Crippen molar-refractivity contribution >= 4 is 11.4 Å². The summed E-state index contributed by atoms with van der Waals surface area (Å²) in [6.07, 6.45) is -6.09. The SMILES string of the molecule is Cc1cc(N([O-])O)ccc1N[C@@H]1O[C@H]([C@H](O)CO)[C@H](O)[C@H]1O. The molecule has 0 unspecified atom stereocenters. The van der Waals surface area contributed by atoms with E-state index in [-0.39, 0.29) is 10.9 Å². The van der Waals surface area contributed by atoms with E-state index in [0.29, 0.717) is 11.3 Å². The second-order valence-corrected chi connectivity index (χ2v) is 5.17. The quantitative estimate of drug-likeness (QED) is 0.372. The molecule has 1 aromatic rings. The van der Waals surface area contributed by atoms with Crippen LogP contribution in [0, 0.1) is 12.1 Å². The molecular weight excluding hydrogens is 296 g/mol. The van der Waals surface area contributed by atoms with Crippen LogP contribution in [-0.2, 0) is 4.74 Å². The van der Waals surface area contributed by atoms with E-state index < -0.39 is 37.3 Å². The van der Waals surface area contributed by atoms with E-state index in [9.17, 15) is 20.5 Å². The molecule has 1 saturated heterocycles. The first-order chi connectivity index (χ1) is 10.3. The number of benzene rings is 1. The van der Waals surface area contributed by atoms with Gasteiger partial charge in [0.1, 0.15) is 24.4 Å². The van der Waals surface area contributed by atoms with Crippen molar-refractivity contribution in [1.29, 1.82) is 0 Å². The van der Waals surface area contributed by atoms with Crippen molar-refractivity contribution in [2.75, 3.05) is 17.2 Å². The monoisotopic (exact) mass is 315 g/mol. The summed E-state index contributed by atoms with van der Waals surface area (Å²) in [6.45, 7) is 1.07. The fraction of sp³-hybridized carbons (Fsp3) is 0.538. The smallest absolute Gasteiger partial charge is 0.157 e. The molecule has 1 heterocycles. The minimum absolute atomic E-state index is 0.0459. The van der Waals surface area contributed by atoms with Gasteiger partial charge in [-0.25, -0.2) is 0 Å². The molecule has 0 radical (unpaired) electrons. The molecule has 124 valence electrons. The van der Waals surface area contributed by atoms with E-state index in [4.69, 9.17) is 15.1 Å². The van der Waals surface area contributed by atoms with Crippen LogP contribution in [-0.4, -0.2) is 62.9 Å². The van der Waals surface area contributed by atoms with E-state index in [1.807, 2.05) is 0 Å². The average molecular weight is 315 g/mol. The van der Waals surface area contributed by atoms with E-state index >= 15 is 0 Å². The summed E-state index contributed by atoms with van der Waals surface area (Å²) in [6, 6.07) is 4.29. The third-order valence-electron chi connectivity index (χ3n) is 3.60. The summed E-state index contributed by atoms with van der Waals surface area (Å²) >= 11 is 0. The van der Waals surface area contributed by atoms with Crippen molar-refractivity contribution in [3.8, 4) is 0 Å². The summed E-state index contributed by atoms with van der Waals surface area (Å²) in [7, 11) is 0. The topological polar surface area (TPSA) is 149 Å². The highest BCUT2D eigenvalue weighted by Gasteiger charge is 2.45. The van der Waals surface area contributed by atoms with Crippen molar-refractivity contribution in [1.82, 2.24) is 0 Å². The molecule has 9 nitrogen and oxygen atoms in total. The highest BCUT2D eigenvalue weighted by molar-refractivity contribution is 5.59. The number of aliphatic hydroxyl groups excluding tert-OH is 4. The van der Waals surface area contributed by atoms with Gasteiger partial charge >= 0.3 is 0 Å². The zero-order valence-electron chi connectivity index (χ0n) is 11.8. The lowest BCUT2D eigenvalue weighted by Gasteiger charge is -2.24. The molecule has 0 bridgehead atoms. The predicted octanol–water partition coefficient (Wildman–Crippen LogP) is -1.10. The van der Waals surface area contributed by atoms with E-state index in [0.717, 1.165) is 0 Å². The van der Waals surface area contributed by atoms with Gasteiger partial charge in [-0.1, -0.05) is 0 Å². The Balaban J connectivity index is 2.11. The maximum atomic E-state index is 10.8. The molecule has 1 aromatic carbocycles. The third kappa shape index (κ3) is 3.31. The number of aliphatic hydroxyl groups is 4. The van der Waals surface area contributed by atoms with Crippen molar-refractivity contribution in [3.63, 3.8) is 0 Å². The third-order valence-corrected chi connectivity index (χ3v) is 3.60. The molecule has 6 N–H and O–H groups in total. The fourth-order valence-electron chi connectivity index (χ4n) is 2.33. The zero-order chi connectivity index (χ0) is 16.4. The van der Waals surface area contributed by atoms with Crippen LogP contribution in [0.3, 0.4) is 0 Å². The van der Waals surface area contributed by atoms with Gasteiger partial charge in [0.05, 0.1) is 12.3 Å². The van der Waals surface area contributed by atoms with Gasteiger partial charge < -0.3 is 40.9 Å². The van der Waals surface area contributed by atoms with E-state index in [2.05, 4.69) is 5.32 Å². The van der Waals surface area contributed by atoms with Crippen molar-refractivity contribution in [2.24, 2.45) is 0 Å². The highest BCUT2D eigenvalue weighted by Crippen LogP contribution is 2.28. The molecule has 2 rings (SSSR count). The van der Waals surface area contributed by atoms with Gasteiger partial charge in [-0.3, -0.25) is 5.21 Å². The number of rotatable bonds is 5. The summed E-state index contributed by atoms with van der Waals surface area (Å²) in [5.74, 6) is 0. The lowest BCUT2D eigenvalue weighted by atomic mass is 10.1. The van der Waals surface area contributed by atoms with Crippen LogP contribution >= 0.6 is 0 Å². The standard InChI is InChI=1S/C13H19N2O7/c1-6-4-7(15(20)21)2-3-8(6)14-13-11(19)10(18)12(22-13)9(17)5-16/h2-4,9-14,16-20H,5H2,1H3/q-1/t9-,10-,11-,12-,13-/m1/s1. The number of hydrogen-bond acceptors (Lipinski definition) is 9. The number of aryl methyl sites for hydroxylation is 1. The van der Waals surface area contributed by atoms with Crippen LogP contribution in [0.15, 0.2) is 18.2 Å². The van der Waals surface area contributed by atoms with Gasteiger partial charge in [0.25, 0.3) is 0 Å². The van der Waals surface area contributed by atoms with Gasteiger partial charge in [-0.2, -0.15) is 0 Å². The van der Waals surface area contributed by atoms with Gasteiger partial charge in [-0.05, 0) is 30.7 Å². The lowest BCUT2D eigenvalue weighted by molar-refractivity contribution is -0.0774. The number of hydrogen-bond donors (Lipinski definition) is 6. The van der Waals surface area contributed by atoms with Crippen LogP contribution in [0.5, 0.6) is 0 Å². The van der Waals surface area contributed by atoms with Crippen LogP contribution < -0.4 is 10.5 Å². The summed E-state index contributed by atoms with van der Waals surface area (Å²) < 4.78 is 5.33. The Labute approximate surface area is 126 Å². The predicted molar refractivity (Wildman–Crippen MR) is 76.2 cm³/mol. The van der Waals surface area contributed by atoms with E-state index in [1.54, 1.807) is 6.92 Å². The Kier molecular flexibility index (Phi) is 5.19. The minimum atomic E-state index is -1.35. The minimum Gasteiger partial charge on any atom is -0.733 e. The van der Waals surface area contributed by atoms with Crippen LogP contribution in [0.25, 0.3) is 0 Å². The Hall–Kier alpha value is -1.46. The molecule has 0 spiro atoms. The Bertz CT molecular complexity index is 513. The Morgan fingerprint density at radius 2 is 2.05 bits per heavy atom. The van der Waals surface area contributed by atoms with Crippen LogP contribution in [0.1, 0.15) is 5.56 Å². The lowest BCUT2D eigenvalue weighted by Crippen LogP contribution is -2.40. The van der Waals surface area contributed by atoms with Gasteiger partial charge in [0, 0.05) is 5.69 Å². The van der Waals surface area contributed by atoms with Crippen molar-refractivity contribution < 1.29 is 30.4 Å². The molecule has 0 amide bonds. The zero-order valence-corrected chi connectivity index (χ0v) is 11.8. The highest BCUT2D eigenvalue weighted by atomic mass is 16.8. The summed E-state index contributed by atoms with van der Waals surface area (Å²) in [5.41, 5.74) is 1.16. The van der Waals surface area contributed by atoms with Crippen molar-refractivity contribution in [2.45, 2.75) is 37.6 Å². The second kappa shape index (κ2) is 6.75. The number of ether oxygens (including phenoxy) is 1. The number of nitrogens with one attached hydrogen (secondary N) is 1. The average Bonchev–Trinajstić information content (AvgIpc) is 2.76. The van der Waals surface area contributed by atoms with Gasteiger partial charge in [0.15, 0.2) is 6.23 Å². The first-order valence-electron chi connectivity index (χ1n) is 6.69. The summed E-state index contributed by atoms with van der Waals surface area (Å²) in [5, 5.41) is 60.4. The number of nitrogens with zero attached hydrogens (tertiary/aromatic N) is 1. The molecule has 9 heteroatoms. The Morgan fingerprint density at radius 1 is 1.36 bits per heavy atom. The molecule has 1 aliphatic heterocycles. The van der Waals surface area contributed by atoms with Crippen molar-refractivity contribution in [3.05, 3.63) is 29.0 Å². The molecular formula is C13H19N2O7-. The second-order valence-electron chi connectivity index (χ2n) is 5.17.